The maximum atomic E-state index is 12.4. The molecule has 2 fully saturated rings. The number of carbonyl (C=O) groups is 1. The van der Waals surface area contributed by atoms with Crippen LogP contribution in [0, 0.1) is 11.3 Å². The van der Waals surface area contributed by atoms with Crippen molar-refractivity contribution >= 4 is 18.3 Å². The molecule has 0 radical (unpaired) electrons. The first-order valence-electron chi connectivity index (χ1n) is 7.08. The van der Waals surface area contributed by atoms with Crippen molar-refractivity contribution in [1.82, 2.24) is 4.90 Å². The van der Waals surface area contributed by atoms with E-state index in [1.807, 2.05) is 0 Å². The summed E-state index contributed by atoms with van der Waals surface area (Å²) in [6.07, 6.45) is 6.51. The normalized spacial score (nSPS) is 36.3. The zero-order valence-corrected chi connectivity index (χ0v) is 12.5. The molecule has 0 aromatic rings. The number of nitrogens with zero attached hydrogens (tertiary/aromatic N) is 1. The van der Waals surface area contributed by atoms with Crippen molar-refractivity contribution in [3.05, 3.63) is 0 Å². The average molecular weight is 275 g/mol. The molecule has 2 aliphatic rings. The fraction of sp³-hybridized carbons (Fsp3) is 0.929. The molecule has 0 bridgehead atoms. The molecule has 2 rings (SSSR count). The number of nitrogens with two attached hydrogens (primary N) is 1. The standard InChI is InChI=1S/C14H26N2O.ClH/c1-3-14(2)7-4-8-16(10-14)13(17)11-5-6-12(15)9-11;/h11-12H,3-10,15H2,1-2H3;1H. The third-order valence-corrected chi connectivity index (χ3v) is 4.77. The topological polar surface area (TPSA) is 46.3 Å². The minimum Gasteiger partial charge on any atom is -0.342 e. The molecule has 3 nitrogen and oxygen atoms in total. The van der Waals surface area contributed by atoms with Crippen LogP contribution >= 0.6 is 12.4 Å². The van der Waals surface area contributed by atoms with E-state index >= 15 is 0 Å². The summed E-state index contributed by atoms with van der Waals surface area (Å²) < 4.78 is 0. The number of hydrogen-bond acceptors (Lipinski definition) is 2. The van der Waals surface area contributed by atoms with Crippen molar-refractivity contribution in [2.45, 2.75) is 58.4 Å². The number of amides is 1. The first kappa shape index (κ1) is 15.8. The van der Waals surface area contributed by atoms with Gasteiger partial charge in [-0.15, -0.1) is 12.4 Å². The highest BCUT2D eigenvalue weighted by Crippen LogP contribution is 2.34. The van der Waals surface area contributed by atoms with Gasteiger partial charge in [0.15, 0.2) is 0 Å². The third kappa shape index (κ3) is 3.39. The summed E-state index contributed by atoms with van der Waals surface area (Å²) in [6, 6.07) is 0.256. The Hall–Kier alpha value is -0.280. The average Bonchev–Trinajstić information content (AvgIpc) is 2.75. The Morgan fingerprint density at radius 1 is 1.44 bits per heavy atom. The molecule has 0 aromatic carbocycles. The van der Waals surface area contributed by atoms with E-state index in [9.17, 15) is 4.79 Å². The van der Waals surface area contributed by atoms with Crippen LogP contribution in [0.25, 0.3) is 0 Å². The molecule has 1 saturated heterocycles. The number of hydrogen-bond donors (Lipinski definition) is 1. The lowest BCUT2D eigenvalue weighted by molar-refractivity contribution is -0.138. The summed E-state index contributed by atoms with van der Waals surface area (Å²) in [6.45, 7) is 6.46. The van der Waals surface area contributed by atoms with Crippen LogP contribution in [-0.2, 0) is 4.79 Å². The van der Waals surface area contributed by atoms with Gasteiger partial charge < -0.3 is 10.6 Å². The predicted molar refractivity (Wildman–Crippen MR) is 76.8 cm³/mol. The molecule has 1 aliphatic carbocycles. The quantitative estimate of drug-likeness (QED) is 0.841. The van der Waals surface area contributed by atoms with Crippen molar-refractivity contribution in [2.24, 2.45) is 17.1 Å². The van der Waals surface area contributed by atoms with Crippen LogP contribution in [0.15, 0.2) is 0 Å². The second kappa shape index (κ2) is 6.25. The van der Waals surface area contributed by atoms with Crippen molar-refractivity contribution in [3.8, 4) is 0 Å². The molecule has 18 heavy (non-hydrogen) atoms. The van der Waals surface area contributed by atoms with Gasteiger partial charge in [-0.2, -0.15) is 0 Å². The highest BCUT2D eigenvalue weighted by molar-refractivity contribution is 5.85. The molecule has 3 unspecified atom stereocenters. The highest BCUT2D eigenvalue weighted by Gasteiger charge is 2.36. The second-order valence-electron chi connectivity index (χ2n) is 6.30. The van der Waals surface area contributed by atoms with Crippen LogP contribution in [0.5, 0.6) is 0 Å². The Morgan fingerprint density at radius 2 is 2.17 bits per heavy atom. The lowest BCUT2D eigenvalue weighted by Crippen LogP contribution is -2.46. The lowest BCUT2D eigenvalue weighted by Gasteiger charge is -2.41. The number of piperidine rings is 1. The summed E-state index contributed by atoms with van der Waals surface area (Å²) in [5, 5.41) is 0. The van der Waals surface area contributed by atoms with Gasteiger partial charge in [0.2, 0.25) is 5.91 Å². The van der Waals surface area contributed by atoms with E-state index in [1.165, 1.54) is 12.8 Å². The smallest absolute Gasteiger partial charge is 0.225 e. The molecule has 1 aliphatic heterocycles. The maximum absolute atomic E-state index is 12.4. The third-order valence-electron chi connectivity index (χ3n) is 4.77. The Morgan fingerprint density at radius 3 is 2.72 bits per heavy atom. The molecule has 106 valence electrons. The fourth-order valence-electron chi connectivity index (χ4n) is 3.29. The van der Waals surface area contributed by atoms with Gasteiger partial charge in [0, 0.05) is 25.0 Å². The molecule has 1 amide bonds. The van der Waals surface area contributed by atoms with E-state index in [0.29, 0.717) is 11.3 Å². The first-order chi connectivity index (χ1) is 8.04. The second-order valence-corrected chi connectivity index (χ2v) is 6.30. The number of carbonyl (C=O) groups excluding carboxylic acids is 1. The van der Waals surface area contributed by atoms with Gasteiger partial charge in [-0.1, -0.05) is 13.8 Å². The summed E-state index contributed by atoms with van der Waals surface area (Å²) in [5.74, 6) is 0.585. The molecule has 3 atom stereocenters. The van der Waals surface area contributed by atoms with Crippen molar-refractivity contribution in [3.63, 3.8) is 0 Å². The van der Waals surface area contributed by atoms with E-state index in [-0.39, 0.29) is 24.4 Å². The van der Waals surface area contributed by atoms with Crippen LogP contribution in [0.4, 0.5) is 0 Å². The van der Waals surface area contributed by atoms with E-state index in [1.54, 1.807) is 0 Å². The largest absolute Gasteiger partial charge is 0.342 e. The van der Waals surface area contributed by atoms with Gasteiger partial charge in [-0.05, 0) is 43.9 Å². The van der Waals surface area contributed by atoms with Crippen LogP contribution in [0.1, 0.15) is 52.4 Å². The minimum atomic E-state index is 0. The molecule has 1 heterocycles. The fourth-order valence-corrected chi connectivity index (χ4v) is 3.29. The summed E-state index contributed by atoms with van der Waals surface area (Å²) in [7, 11) is 0. The number of halogens is 1. The Labute approximate surface area is 117 Å². The van der Waals surface area contributed by atoms with Gasteiger partial charge >= 0.3 is 0 Å². The van der Waals surface area contributed by atoms with Gasteiger partial charge in [-0.25, -0.2) is 0 Å². The molecular weight excluding hydrogens is 248 g/mol. The molecule has 2 N–H and O–H groups in total. The van der Waals surface area contributed by atoms with Gasteiger partial charge in [0.05, 0.1) is 0 Å². The Balaban J connectivity index is 0.00000162. The van der Waals surface area contributed by atoms with Gasteiger partial charge in [0.25, 0.3) is 0 Å². The van der Waals surface area contributed by atoms with Crippen LogP contribution < -0.4 is 5.73 Å². The molecule has 0 spiro atoms. The van der Waals surface area contributed by atoms with Crippen LogP contribution in [0.2, 0.25) is 0 Å². The minimum absolute atomic E-state index is 0. The van der Waals surface area contributed by atoms with Crippen LogP contribution in [-0.4, -0.2) is 29.9 Å². The Bertz CT molecular complexity index is 298. The zero-order chi connectivity index (χ0) is 12.5. The van der Waals surface area contributed by atoms with E-state index < -0.39 is 0 Å². The van der Waals surface area contributed by atoms with E-state index in [2.05, 4.69) is 18.7 Å². The molecule has 4 heteroatoms. The van der Waals surface area contributed by atoms with E-state index in [4.69, 9.17) is 5.73 Å². The van der Waals surface area contributed by atoms with Gasteiger partial charge in [0.1, 0.15) is 0 Å². The maximum Gasteiger partial charge on any atom is 0.225 e. The summed E-state index contributed by atoms with van der Waals surface area (Å²) in [4.78, 5) is 14.5. The monoisotopic (exact) mass is 274 g/mol. The van der Waals surface area contributed by atoms with Crippen molar-refractivity contribution in [1.29, 1.82) is 0 Å². The number of likely N-dealkylation sites (tertiary alicyclic amines) is 1. The summed E-state index contributed by atoms with van der Waals surface area (Å²) >= 11 is 0. The highest BCUT2D eigenvalue weighted by atomic mass is 35.5. The van der Waals surface area contributed by atoms with Crippen LogP contribution in [0.3, 0.4) is 0 Å². The van der Waals surface area contributed by atoms with Crippen molar-refractivity contribution < 1.29 is 4.79 Å². The number of rotatable bonds is 2. The molecular formula is C14H27ClN2O. The Kier molecular flexibility index (Phi) is 5.47. The first-order valence-corrected chi connectivity index (χ1v) is 7.08. The summed E-state index contributed by atoms with van der Waals surface area (Å²) in [5.41, 5.74) is 6.24. The van der Waals surface area contributed by atoms with Gasteiger partial charge in [-0.3, -0.25) is 4.79 Å². The molecule has 0 aromatic heterocycles. The molecule has 1 saturated carbocycles. The SMILES string of the molecule is CCC1(C)CCCN(C(=O)C2CCC(N)C2)C1.Cl. The predicted octanol–water partition coefficient (Wildman–Crippen LogP) is 2.57. The van der Waals surface area contributed by atoms with Crippen molar-refractivity contribution in [2.75, 3.05) is 13.1 Å². The van der Waals surface area contributed by atoms with E-state index in [0.717, 1.165) is 38.8 Å². The lowest BCUT2D eigenvalue weighted by atomic mass is 9.79. The zero-order valence-electron chi connectivity index (χ0n) is 11.7.